The Kier molecular flexibility index (Phi) is 6.70. The van der Waals surface area contributed by atoms with E-state index in [1.807, 2.05) is 18.2 Å². The highest BCUT2D eigenvalue weighted by Crippen LogP contribution is 2.26. The number of nitrogens with zero attached hydrogens (tertiary/aromatic N) is 4. The summed E-state index contributed by atoms with van der Waals surface area (Å²) in [6, 6.07) is 5.79. The molecule has 3 heterocycles. The Labute approximate surface area is 153 Å². The van der Waals surface area contributed by atoms with E-state index in [1.54, 1.807) is 26.6 Å². The molecule has 1 aliphatic rings. The molecule has 1 saturated heterocycles. The van der Waals surface area contributed by atoms with Gasteiger partial charge in [0, 0.05) is 44.7 Å². The Balaban J connectivity index is 1.75. The smallest absolute Gasteiger partial charge is 0.217 e. The summed E-state index contributed by atoms with van der Waals surface area (Å²) in [5, 5.41) is 3.24. The molecule has 2 aromatic rings. The molecule has 0 unspecified atom stereocenters. The molecule has 26 heavy (non-hydrogen) atoms. The molecule has 0 spiro atoms. The van der Waals surface area contributed by atoms with Gasteiger partial charge in [-0.05, 0) is 12.1 Å². The van der Waals surface area contributed by atoms with E-state index in [1.165, 1.54) is 0 Å². The van der Waals surface area contributed by atoms with E-state index in [0.29, 0.717) is 38.8 Å². The van der Waals surface area contributed by atoms with Gasteiger partial charge in [0.05, 0.1) is 33.0 Å². The Morgan fingerprint density at radius 1 is 1.27 bits per heavy atom. The number of morpholine rings is 1. The second-order valence-corrected chi connectivity index (χ2v) is 5.95. The van der Waals surface area contributed by atoms with Crippen molar-refractivity contribution in [2.24, 2.45) is 0 Å². The first-order valence-electron chi connectivity index (χ1n) is 8.67. The Bertz CT molecular complexity index is 700. The largest absolute Gasteiger partial charge is 0.481 e. The summed E-state index contributed by atoms with van der Waals surface area (Å²) in [4.78, 5) is 15.7. The van der Waals surface area contributed by atoms with E-state index in [0.717, 1.165) is 23.8 Å². The molecule has 1 fully saturated rings. The SMILES string of the molecule is COCCNc1ccnc([C@@H]2COCCN2Cc2cccnc2OC)n1. The first-order valence-corrected chi connectivity index (χ1v) is 8.67. The lowest BCUT2D eigenvalue weighted by molar-refractivity contribution is -0.0162. The number of ether oxygens (including phenoxy) is 3. The zero-order valence-corrected chi connectivity index (χ0v) is 15.2. The van der Waals surface area contributed by atoms with Crippen LogP contribution >= 0.6 is 0 Å². The topological polar surface area (TPSA) is 81.6 Å². The molecule has 0 aliphatic carbocycles. The van der Waals surface area contributed by atoms with Crippen molar-refractivity contribution < 1.29 is 14.2 Å². The van der Waals surface area contributed by atoms with Crippen molar-refractivity contribution in [1.82, 2.24) is 19.9 Å². The number of methoxy groups -OCH3 is 2. The van der Waals surface area contributed by atoms with Gasteiger partial charge < -0.3 is 19.5 Å². The fourth-order valence-electron chi connectivity index (χ4n) is 2.93. The van der Waals surface area contributed by atoms with Gasteiger partial charge in [-0.3, -0.25) is 4.90 Å². The standard InChI is InChI=1S/C18H25N5O3/c1-24-10-8-19-16-5-7-20-17(22-16)15-13-26-11-9-23(15)12-14-4-3-6-21-18(14)25-2/h3-7,15H,8-13H2,1-2H3,(H,19,20,22)/t15-/m0/s1. The van der Waals surface area contributed by atoms with Crippen LogP contribution in [0.25, 0.3) is 0 Å². The summed E-state index contributed by atoms with van der Waals surface area (Å²) in [6.07, 6.45) is 3.51. The lowest BCUT2D eigenvalue weighted by Gasteiger charge is -2.34. The predicted molar refractivity (Wildman–Crippen MR) is 97.2 cm³/mol. The zero-order valence-electron chi connectivity index (χ0n) is 15.2. The van der Waals surface area contributed by atoms with Crippen LogP contribution in [-0.4, -0.2) is 67.0 Å². The van der Waals surface area contributed by atoms with Crippen LogP contribution in [0.15, 0.2) is 30.6 Å². The van der Waals surface area contributed by atoms with Crippen LogP contribution in [0, 0.1) is 0 Å². The maximum Gasteiger partial charge on any atom is 0.217 e. The van der Waals surface area contributed by atoms with Crippen LogP contribution in [0.5, 0.6) is 5.88 Å². The van der Waals surface area contributed by atoms with Gasteiger partial charge in [0.25, 0.3) is 0 Å². The fourth-order valence-corrected chi connectivity index (χ4v) is 2.93. The summed E-state index contributed by atoms with van der Waals surface area (Å²) in [7, 11) is 3.32. The van der Waals surface area contributed by atoms with E-state index < -0.39 is 0 Å². The maximum absolute atomic E-state index is 5.69. The van der Waals surface area contributed by atoms with Crippen LogP contribution in [0.2, 0.25) is 0 Å². The number of aromatic nitrogens is 3. The molecule has 3 rings (SSSR count). The lowest BCUT2D eigenvalue weighted by Crippen LogP contribution is -2.40. The molecule has 0 aromatic carbocycles. The fraction of sp³-hybridized carbons (Fsp3) is 0.500. The predicted octanol–water partition coefficient (Wildman–Crippen LogP) is 1.51. The Hall–Kier alpha value is -2.29. The van der Waals surface area contributed by atoms with Crippen LogP contribution in [0.3, 0.4) is 0 Å². The Morgan fingerprint density at radius 2 is 2.19 bits per heavy atom. The summed E-state index contributed by atoms with van der Waals surface area (Å²) in [6.45, 7) is 4.07. The van der Waals surface area contributed by atoms with Crippen molar-refractivity contribution in [3.8, 4) is 5.88 Å². The third-order valence-electron chi connectivity index (χ3n) is 4.24. The lowest BCUT2D eigenvalue weighted by atomic mass is 10.1. The van der Waals surface area contributed by atoms with Crippen molar-refractivity contribution in [1.29, 1.82) is 0 Å². The monoisotopic (exact) mass is 359 g/mol. The second kappa shape index (κ2) is 9.42. The molecule has 1 aliphatic heterocycles. The van der Waals surface area contributed by atoms with Crippen LogP contribution in [0.4, 0.5) is 5.82 Å². The van der Waals surface area contributed by atoms with Gasteiger partial charge in [0.15, 0.2) is 0 Å². The maximum atomic E-state index is 5.69. The van der Waals surface area contributed by atoms with Crippen LogP contribution in [-0.2, 0) is 16.0 Å². The number of anilines is 1. The molecule has 1 N–H and O–H groups in total. The Morgan fingerprint density at radius 3 is 3.04 bits per heavy atom. The minimum atomic E-state index is -0.0159. The van der Waals surface area contributed by atoms with Crippen molar-refractivity contribution in [2.45, 2.75) is 12.6 Å². The molecule has 8 heteroatoms. The molecule has 140 valence electrons. The van der Waals surface area contributed by atoms with E-state index in [2.05, 4.69) is 25.2 Å². The first-order chi connectivity index (χ1) is 12.8. The third-order valence-corrected chi connectivity index (χ3v) is 4.24. The average molecular weight is 359 g/mol. The molecule has 2 aromatic heterocycles. The number of pyridine rings is 1. The van der Waals surface area contributed by atoms with Gasteiger partial charge in [0.2, 0.25) is 5.88 Å². The van der Waals surface area contributed by atoms with Crippen LogP contribution < -0.4 is 10.1 Å². The minimum absolute atomic E-state index is 0.0159. The van der Waals surface area contributed by atoms with Crippen molar-refractivity contribution >= 4 is 5.82 Å². The minimum Gasteiger partial charge on any atom is -0.481 e. The molecule has 1 atom stereocenters. The third kappa shape index (κ3) is 4.66. The normalized spacial score (nSPS) is 17.8. The average Bonchev–Trinajstić information content (AvgIpc) is 2.69. The van der Waals surface area contributed by atoms with E-state index in [4.69, 9.17) is 14.2 Å². The highest BCUT2D eigenvalue weighted by molar-refractivity contribution is 5.33. The van der Waals surface area contributed by atoms with Gasteiger partial charge >= 0.3 is 0 Å². The number of rotatable bonds is 8. The van der Waals surface area contributed by atoms with E-state index >= 15 is 0 Å². The zero-order chi connectivity index (χ0) is 18.2. The summed E-state index contributed by atoms with van der Waals surface area (Å²) in [5.41, 5.74) is 1.04. The van der Waals surface area contributed by atoms with E-state index in [-0.39, 0.29) is 6.04 Å². The quantitative estimate of drug-likeness (QED) is 0.711. The first kappa shape index (κ1) is 18.5. The summed E-state index contributed by atoms with van der Waals surface area (Å²) < 4.78 is 16.1. The molecule has 8 nitrogen and oxygen atoms in total. The number of hydrogen-bond donors (Lipinski definition) is 1. The van der Waals surface area contributed by atoms with Gasteiger partial charge in [-0.2, -0.15) is 0 Å². The molecular weight excluding hydrogens is 334 g/mol. The molecule has 0 saturated carbocycles. The highest BCUT2D eigenvalue weighted by Gasteiger charge is 2.28. The second-order valence-electron chi connectivity index (χ2n) is 5.95. The van der Waals surface area contributed by atoms with Crippen LogP contribution in [0.1, 0.15) is 17.4 Å². The summed E-state index contributed by atoms with van der Waals surface area (Å²) >= 11 is 0. The number of hydrogen-bond acceptors (Lipinski definition) is 8. The van der Waals surface area contributed by atoms with Gasteiger partial charge in [-0.15, -0.1) is 0 Å². The van der Waals surface area contributed by atoms with Crippen molar-refractivity contribution in [3.63, 3.8) is 0 Å². The molecule has 0 radical (unpaired) electrons. The van der Waals surface area contributed by atoms with Gasteiger partial charge in [-0.25, -0.2) is 15.0 Å². The summed E-state index contributed by atoms with van der Waals surface area (Å²) in [5.74, 6) is 2.18. The highest BCUT2D eigenvalue weighted by atomic mass is 16.5. The molecule has 0 bridgehead atoms. The van der Waals surface area contributed by atoms with Gasteiger partial charge in [-0.1, -0.05) is 6.07 Å². The molecular formula is C18H25N5O3. The molecule has 0 amide bonds. The van der Waals surface area contributed by atoms with Crippen molar-refractivity contribution in [3.05, 3.63) is 42.0 Å². The van der Waals surface area contributed by atoms with Crippen molar-refractivity contribution in [2.75, 3.05) is 52.4 Å². The van der Waals surface area contributed by atoms with E-state index in [9.17, 15) is 0 Å². The number of nitrogens with one attached hydrogen (secondary N) is 1. The van der Waals surface area contributed by atoms with Gasteiger partial charge in [0.1, 0.15) is 11.6 Å².